The molecular weight excluding hydrogens is 402 g/mol. The predicted octanol–water partition coefficient (Wildman–Crippen LogP) is 2.39. The second kappa shape index (κ2) is 7.68. The Morgan fingerprint density at radius 3 is 2.31 bits per heavy atom. The van der Waals surface area contributed by atoms with Crippen LogP contribution in [0.4, 0.5) is 8.78 Å². The molecule has 4 rings (SSSR count). The first-order valence-corrected chi connectivity index (χ1v) is 10.8. The van der Waals surface area contributed by atoms with Crippen LogP contribution < -0.4 is 5.69 Å². The number of rotatable bonds is 4. The Morgan fingerprint density at radius 1 is 1.00 bits per heavy atom. The summed E-state index contributed by atoms with van der Waals surface area (Å²) in [5.74, 6) is -1.53. The quantitative estimate of drug-likeness (QED) is 0.647. The highest BCUT2D eigenvalue weighted by Gasteiger charge is 2.28. The van der Waals surface area contributed by atoms with Crippen LogP contribution in [0.3, 0.4) is 0 Å². The second-order valence-electron chi connectivity index (χ2n) is 7.10. The lowest BCUT2D eigenvalue weighted by molar-refractivity contribution is 0.424. The molecule has 1 aliphatic heterocycles. The molecule has 1 aliphatic rings. The number of pyridine rings is 1. The number of benzene rings is 1. The van der Waals surface area contributed by atoms with Gasteiger partial charge in [0, 0.05) is 25.4 Å². The van der Waals surface area contributed by atoms with Gasteiger partial charge in [-0.05, 0) is 42.7 Å². The maximum Gasteiger partial charge on any atom is 0.350 e. The number of aromatic nitrogens is 3. The van der Waals surface area contributed by atoms with Crippen LogP contribution in [0.1, 0.15) is 31.2 Å². The average molecular weight is 422 g/mol. The lowest BCUT2D eigenvalue weighted by atomic mass is 10.2. The summed E-state index contributed by atoms with van der Waals surface area (Å²) in [4.78, 5) is 12.6. The van der Waals surface area contributed by atoms with Gasteiger partial charge >= 0.3 is 5.69 Å². The molecule has 0 N–H and O–H groups in total. The smallest absolute Gasteiger partial charge is 0.249 e. The molecule has 0 spiro atoms. The molecule has 10 heteroatoms. The van der Waals surface area contributed by atoms with Crippen molar-refractivity contribution in [2.75, 3.05) is 13.1 Å². The fourth-order valence-electron chi connectivity index (χ4n) is 3.61. The molecule has 1 saturated heterocycles. The monoisotopic (exact) mass is 422 g/mol. The van der Waals surface area contributed by atoms with E-state index in [1.165, 1.54) is 22.6 Å². The summed E-state index contributed by atoms with van der Waals surface area (Å²) in [6, 6.07) is 5.85. The average Bonchev–Trinajstić information content (AvgIpc) is 2.86. The minimum absolute atomic E-state index is 0.00128. The Morgan fingerprint density at radius 2 is 1.66 bits per heavy atom. The maximum absolute atomic E-state index is 13.5. The number of hydrogen-bond donors (Lipinski definition) is 0. The van der Waals surface area contributed by atoms with E-state index in [0.717, 1.165) is 53.0 Å². The van der Waals surface area contributed by atoms with E-state index < -0.39 is 27.3 Å². The summed E-state index contributed by atoms with van der Waals surface area (Å²) in [5, 5.41) is 4.17. The van der Waals surface area contributed by atoms with Crippen molar-refractivity contribution in [3.8, 4) is 0 Å². The summed E-state index contributed by atoms with van der Waals surface area (Å²) in [6.45, 7) is 0.673. The standard InChI is InChI=1S/C19H20F2N4O3S/c20-15-10-14(11-16(21)12-15)13-25-19(26)24-9-5-6-17(18(24)22-25)29(27,28)23-7-3-1-2-4-8-23/h5-6,9-12H,1-4,7-8,13H2. The van der Waals surface area contributed by atoms with E-state index >= 15 is 0 Å². The minimum atomic E-state index is -3.82. The van der Waals surface area contributed by atoms with Crippen molar-refractivity contribution in [3.05, 3.63) is 64.2 Å². The molecule has 1 fully saturated rings. The van der Waals surface area contributed by atoms with Crippen LogP contribution >= 0.6 is 0 Å². The third-order valence-corrected chi connectivity index (χ3v) is 6.93. The van der Waals surface area contributed by atoms with Crippen LogP contribution in [-0.4, -0.2) is 40.0 Å². The van der Waals surface area contributed by atoms with Gasteiger partial charge in [0.15, 0.2) is 5.65 Å². The zero-order valence-corrected chi connectivity index (χ0v) is 16.4. The highest BCUT2D eigenvalue weighted by Crippen LogP contribution is 2.22. The van der Waals surface area contributed by atoms with Gasteiger partial charge in [0.2, 0.25) is 10.0 Å². The van der Waals surface area contributed by atoms with Crippen LogP contribution in [0.15, 0.2) is 46.2 Å². The largest absolute Gasteiger partial charge is 0.350 e. The van der Waals surface area contributed by atoms with E-state index in [1.807, 2.05) is 0 Å². The van der Waals surface area contributed by atoms with Crippen LogP contribution in [0.25, 0.3) is 5.65 Å². The van der Waals surface area contributed by atoms with Gasteiger partial charge in [0.25, 0.3) is 0 Å². The Balaban J connectivity index is 1.77. The maximum atomic E-state index is 13.5. The molecular formula is C19H20F2N4O3S. The van der Waals surface area contributed by atoms with Crippen molar-refractivity contribution in [2.45, 2.75) is 37.1 Å². The SMILES string of the molecule is O=c1n(Cc2cc(F)cc(F)c2)nc2c(S(=O)(=O)N3CCCCCC3)cccn12. The summed E-state index contributed by atoms with van der Waals surface area (Å²) in [6.07, 6.45) is 4.96. The van der Waals surface area contributed by atoms with E-state index in [4.69, 9.17) is 0 Å². The number of sulfonamides is 1. The van der Waals surface area contributed by atoms with Gasteiger partial charge in [-0.2, -0.15) is 4.31 Å². The number of halogens is 2. The molecule has 0 aliphatic carbocycles. The summed E-state index contributed by atoms with van der Waals surface area (Å²) < 4.78 is 56.9. The van der Waals surface area contributed by atoms with E-state index in [0.29, 0.717) is 13.1 Å². The van der Waals surface area contributed by atoms with Gasteiger partial charge in [-0.25, -0.2) is 31.1 Å². The van der Waals surface area contributed by atoms with E-state index in [2.05, 4.69) is 5.10 Å². The van der Waals surface area contributed by atoms with Crippen LogP contribution in [0.2, 0.25) is 0 Å². The van der Waals surface area contributed by atoms with E-state index in [9.17, 15) is 22.0 Å². The van der Waals surface area contributed by atoms with Gasteiger partial charge in [-0.15, -0.1) is 5.10 Å². The molecule has 0 unspecified atom stereocenters. The first-order chi connectivity index (χ1) is 13.9. The van der Waals surface area contributed by atoms with E-state index in [-0.39, 0.29) is 22.7 Å². The molecule has 0 radical (unpaired) electrons. The topological polar surface area (TPSA) is 76.7 Å². The molecule has 7 nitrogen and oxygen atoms in total. The predicted molar refractivity (Wildman–Crippen MR) is 102 cm³/mol. The molecule has 0 atom stereocenters. The number of hydrogen-bond acceptors (Lipinski definition) is 4. The highest BCUT2D eigenvalue weighted by molar-refractivity contribution is 7.89. The molecule has 0 amide bonds. The third-order valence-electron chi connectivity index (χ3n) is 5.01. The van der Waals surface area contributed by atoms with Crippen molar-refractivity contribution in [1.29, 1.82) is 0 Å². The summed E-state index contributed by atoms with van der Waals surface area (Å²) in [7, 11) is -3.82. The van der Waals surface area contributed by atoms with Crippen molar-refractivity contribution >= 4 is 15.7 Å². The minimum Gasteiger partial charge on any atom is -0.249 e. The molecule has 0 bridgehead atoms. The molecule has 3 aromatic rings. The first kappa shape index (κ1) is 19.7. The zero-order chi connectivity index (χ0) is 20.6. The fraction of sp³-hybridized carbons (Fsp3) is 0.368. The van der Waals surface area contributed by atoms with Crippen molar-refractivity contribution in [1.82, 2.24) is 18.5 Å². The summed E-state index contributed by atoms with van der Waals surface area (Å²) >= 11 is 0. The molecule has 2 aromatic heterocycles. The highest BCUT2D eigenvalue weighted by atomic mass is 32.2. The van der Waals surface area contributed by atoms with Crippen molar-refractivity contribution in [2.24, 2.45) is 0 Å². The zero-order valence-electron chi connectivity index (χ0n) is 15.6. The Hall–Kier alpha value is -2.59. The van der Waals surface area contributed by atoms with Crippen LogP contribution in [0, 0.1) is 11.6 Å². The normalized spacial score (nSPS) is 16.2. The molecule has 3 heterocycles. The Bertz CT molecular complexity index is 1190. The second-order valence-corrected chi connectivity index (χ2v) is 9.01. The lowest BCUT2D eigenvalue weighted by Gasteiger charge is -2.19. The molecule has 0 saturated carbocycles. The Labute approximate surface area is 166 Å². The van der Waals surface area contributed by atoms with Crippen LogP contribution in [0.5, 0.6) is 0 Å². The van der Waals surface area contributed by atoms with Gasteiger partial charge < -0.3 is 0 Å². The van der Waals surface area contributed by atoms with Crippen molar-refractivity contribution < 1.29 is 17.2 Å². The van der Waals surface area contributed by atoms with Crippen LogP contribution in [-0.2, 0) is 16.6 Å². The molecule has 154 valence electrons. The van der Waals surface area contributed by atoms with Gasteiger partial charge in [-0.1, -0.05) is 12.8 Å². The lowest BCUT2D eigenvalue weighted by Crippen LogP contribution is -2.32. The summed E-state index contributed by atoms with van der Waals surface area (Å²) in [5.41, 5.74) is -0.374. The van der Waals surface area contributed by atoms with Gasteiger partial charge in [0.05, 0.1) is 6.54 Å². The molecule has 1 aromatic carbocycles. The fourth-order valence-corrected chi connectivity index (χ4v) is 5.25. The Kier molecular flexibility index (Phi) is 5.22. The van der Waals surface area contributed by atoms with Crippen molar-refractivity contribution in [3.63, 3.8) is 0 Å². The van der Waals surface area contributed by atoms with E-state index in [1.54, 1.807) is 0 Å². The molecule has 29 heavy (non-hydrogen) atoms. The third kappa shape index (κ3) is 3.82. The van der Waals surface area contributed by atoms with Gasteiger partial charge in [-0.3, -0.25) is 0 Å². The number of nitrogens with zero attached hydrogens (tertiary/aromatic N) is 4. The van der Waals surface area contributed by atoms with Gasteiger partial charge in [0.1, 0.15) is 16.5 Å². The number of fused-ring (bicyclic) bond motifs is 1. The first-order valence-electron chi connectivity index (χ1n) is 9.39.